The first-order chi connectivity index (χ1) is 11.5. The Kier molecular flexibility index (Phi) is 4.36. The van der Waals surface area contributed by atoms with Crippen molar-refractivity contribution in [2.45, 2.75) is 13.3 Å². The van der Waals surface area contributed by atoms with Gasteiger partial charge in [0, 0.05) is 5.69 Å². The molecule has 1 aliphatic rings. The predicted octanol–water partition coefficient (Wildman–Crippen LogP) is 3.14. The predicted molar refractivity (Wildman–Crippen MR) is 91.3 cm³/mol. The minimum Gasteiger partial charge on any atom is -0.325 e. The average molecular weight is 343 g/mol. The fourth-order valence-electron chi connectivity index (χ4n) is 2.60. The molecule has 6 heteroatoms. The second-order valence-corrected chi connectivity index (χ2v) is 5.86. The first-order valence-electron chi connectivity index (χ1n) is 7.54. The van der Waals surface area contributed by atoms with E-state index in [1.165, 1.54) is 6.07 Å². The number of nitrogens with one attached hydrogen (secondary N) is 1. The topological polar surface area (TPSA) is 66.5 Å². The number of rotatable bonds is 4. The SMILES string of the molecule is CCc1ccc(NC(=O)CN2C(=O)c3cccc(Cl)c3C2=O)cc1. The van der Waals surface area contributed by atoms with Gasteiger partial charge in [0.15, 0.2) is 0 Å². The Hall–Kier alpha value is -2.66. The summed E-state index contributed by atoms with van der Waals surface area (Å²) < 4.78 is 0. The summed E-state index contributed by atoms with van der Waals surface area (Å²) in [6, 6.07) is 12.1. The van der Waals surface area contributed by atoms with Crippen molar-refractivity contribution >= 4 is 35.0 Å². The van der Waals surface area contributed by atoms with Gasteiger partial charge in [0.05, 0.1) is 16.1 Å². The zero-order valence-corrected chi connectivity index (χ0v) is 13.8. The van der Waals surface area contributed by atoms with E-state index < -0.39 is 17.7 Å². The molecular formula is C18H15ClN2O3. The van der Waals surface area contributed by atoms with Gasteiger partial charge in [-0.2, -0.15) is 0 Å². The number of fused-ring (bicyclic) bond motifs is 1. The van der Waals surface area contributed by atoms with E-state index in [4.69, 9.17) is 11.6 Å². The Morgan fingerprint density at radius 1 is 1.08 bits per heavy atom. The lowest BCUT2D eigenvalue weighted by Gasteiger charge is -2.13. The molecule has 0 unspecified atom stereocenters. The van der Waals surface area contributed by atoms with Crippen LogP contribution in [0.2, 0.25) is 5.02 Å². The number of nitrogens with zero attached hydrogens (tertiary/aromatic N) is 1. The van der Waals surface area contributed by atoms with Crippen molar-refractivity contribution in [1.29, 1.82) is 0 Å². The molecule has 24 heavy (non-hydrogen) atoms. The van der Waals surface area contributed by atoms with Gasteiger partial charge in [-0.1, -0.05) is 36.7 Å². The average Bonchev–Trinajstić information content (AvgIpc) is 2.81. The van der Waals surface area contributed by atoms with Crippen molar-refractivity contribution in [2.75, 3.05) is 11.9 Å². The highest BCUT2D eigenvalue weighted by atomic mass is 35.5. The van der Waals surface area contributed by atoms with Crippen LogP contribution < -0.4 is 5.32 Å². The van der Waals surface area contributed by atoms with E-state index in [-0.39, 0.29) is 22.7 Å². The van der Waals surface area contributed by atoms with Crippen LogP contribution in [0.1, 0.15) is 33.2 Å². The number of carbonyl (C=O) groups excluding carboxylic acids is 3. The van der Waals surface area contributed by atoms with Crippen LogP contribution in [-0.2, 0) is 11.2 Å². The van der Waals surface area contributed by atoms with Crippen LogP contribution in [0.15, 0.2) is 42.5 Å². The quantitative estimate of drug-likeness (QED) is 0.868. The molecule has 1 heterocycles. The highest BCUT2D eigenvalue weighted by Crippen LogP contribution is 2.28. The van der Waals surface area contributed by atoms with E-state index in [1.807, 2.05) is 19.1 Å². The van der Waals surface area contributed by atoms with Gasteiger partial charge in [-0.05, 0) is 36.2 Å². The maximum atomic E-state index is 12.3. The van der Waals surface area contributed by atoms with Crippen molar-refractivity contribution < 1.29 is 14.4 Å². The Bertz CT molecular complexity index is 831. The van der Waals surface area contributed by atoms with Crippen LogP contribution in [0.4, 0.5) is 5.69 Å². The molecule has 0 saturated heterocycles. The maximum Gasteiger partial charge on any atom is 0.263 e. The van der Waals surface area contributed by atoms with Crippen LogP contribution in [-0.4, -0.2) is 29.2 Å². The molecule has 3 rings (SSSR count). The Morgan fingerprint density at radius 3 is 2.42 bits per heavy atom. The summed E-state index contributed by atoms with van der Waals surface area (Å²) in [5.41, 5.74) is 2.16. The number of benzene rings is 2. The van der Waals surface area contributed by atoms with Gasteiger partial charge < -0.3 is 5.32 Å². The van der Waals surface area contributed by atoms with E-state index in [0.29, 0.717) is 5.69 Å². The van der Waals surface area contributed by atoms with Gasteiger partial charge in [-0.25, -0.2) is 0 Å². The lowest BCUT2D eigenvalue weighted by Crippen LogP contribution is -2.37. The molecule has 0 radical (unpaired) electrons. The minimum atomic E-state index is -0.544. The number of carbonyl (C=O) groups is 3. The number of halogens is 1. The van der Waals surface area contributed by atoms with Crippen molar-refractivity contribution in [3.63, 3.8) is 0 Å². The summed E-state index contributed by atoms with van der Waals surface area (Å²) in [7, 11) is 0. The van der Waals surface area contributed by atoms with Gasteiger partial charge in [0.2, 0.25) is 5.91 Å². The van der Waals surface area contributed by atoms with Gasteiger partial charge >= 0.3 is 0 Å². The smallest absolute Gasteiger partial charge is 0.263 e. The summed E-state index contributed by atoms with van der Waals surface area (Å²) in [6.45, 7) is 1.69. The largest absolute Gasteiger partial charge is 0.325 e. The van der Waals surface area contributed by atoms with E-state index in [0.717, 1.165) is 16.9 Å². The lowest BCUT2D eigenvalue weighted by molar-refractivity contribution is -0.116. The second-order valence-electron chi connectivity index (χ2n) is 5.46. The maximum absolute atomic E-state index is 12.3. The highest BCUT2D eigenvalue weighted by Gasteiger charge is 2.38. The van der Waals surface area contributed by atoms with Gasteiger partial charge in [-0.15, -0.1) is 0 Å². The summed E-state index contributed by atoms with van der Waals surface area (Å²) in [4.78, 5) is 37.7. The molecular weight excluding hydrogens is 328 g/mol. The minimum absolute atomic E-state index is 0.157. The van der Waals surface area contributed by atoms with Crippen molar-refractivity contribution in [1.82, 2.24) is 4.90 Å². The fraction of sp³-hybridized carbons (Fsp3) is 0.167. The zero-order valence-electron chi connectivity index (χ0n) is 13.0. The van der Waals surface area contributed by atoms with Crippen LogP contribution in [0.5, 0.6) is 0 Å². The Morgan fingerprint density at radius 2 is 1.79 bits per heavy atom. The Balaban J connectivity index is 1.72. The molecule has 0 bridgehead atoms. The van der Waals surface area contributed by atoms with Gasteiger partial charge in [0.1, 0.15) is 6.54 Å². The van der Waals surface area contributed by atoms with E-state index in [2.05, 4.69) is 5.32 Å². The summed E-state index contributed by atoms with van der Waals surface area (Å²) in [5, 5.41) is 2.90. The second kappa shape index (κ2) is 6.45. The molecule has 2 aromatic rings. The van der Waals surface area contributed by atoms with E-state index in [1.54, 1.807) is 24.3 Å². The molecule has 0 aliphatic carbocycles. The molecule has 1 N–H and O–H groups in total. The summed E-state index contributed by atoms with van der Waals surface area (Å²) >= 11 is 5.99. The molecule has 2 aromatic carbocycles. The standard InChI is InChI=1S/C18H15ClN2O3/c1-2-11-6-8-12(9-7-11)20-15(22)10-21-17(23)13-4-3-5-14(19)16(13)18(21)24/h3-9H,2,10H2,1H3,(H,20,22). The van der Waals surface area contributed by atoms with Crippen LogP contribution in [0.25, 0.3) is 0 Å². The molecule has 3 amide bonds. The number of amides is 3. The molecule has 5 nitrogen and oxygen atoms in total. The van der Waals surface area contributed by atoms with Crippen molar-refractivity contribution in [3.8, 4) is 0 Å². The normalized spacial score (nSPS) is 13.2. The molecule has 0 saturated carbocycles. The first-order valence-corrected chi connectivity index (χ1v) is 7.92. The Labute approximate surface area is 144 Å². The van der Waals surface area contributed by atoms with E-state index >= 15 is 0 Å². The third-order valence-electron chi connectivity index (χ3n) is 3.90. The summed E-state index contributed by atoms with van der Waals surface area (Å²) in [5.74, 6) is -1.49. The summed E-state index contributed by atoms with van der Waals surface area (Å²) in [6.07, 6.45) is 0.907. The van der Waals surface area contributed by atoms with Crippen LogP contribution in [0.3, 0.4) is 0 Å². The molecule has 0 atom stereocenters. The van der Waals surface area contributed by atoms with E-state index in [9.17, 15) is 14.4 Å². The fourth-order valence-corrected chi connectivity index (χ4v) is 2.86. The third-order valence-corrected chi connectivity index (χ3v) is 4.21. The number of aryl methyl sites for hydroxylation is 1. The molecule has 0 fully saturated rings. The van der Waals surface area contributed by atoms with Crippen molar-refractivity contribution in [2.24, 2.45) is 0 Å². The zero-order chi connectivity index (χ0) is 17.3. The molecule has 0 spiro atoms. The van der Waals surface area contributed by atoms with Gasteiger partial charge in [-0.3, -0.25) is 19.3 Å². The number of hydrogen-bond acceptors (Lipinski definition) is 3. The van der Waals surface area contributed by atoms with Crippen molar-refractivity contribution in [3.05, 3.63) is 64.2 Å². The highest BCUT2D eigenvalue weighted by molar-refractivity contribution is 6.37. The molecule has 122 valence electrons. The lowest BCUT2D eigenvalue weighted by atomic mass is 10.1. The number of hydrogen-bond donors (Lipinski definition) is 1. The first kappa shape index (κ1) is 16.2. The molecule has 0 aromatic heterocycles. The van der Waals surface area contributed by atoms with Crippen LogP contribution in [0, 0.1) is 0 Å². The van der Waals surface area contributed by atoms with Gasteiger partial charge in [0.25, 0.3) is 11.8 Å². The van der Waals surface area contributed by atoms with Crippen LogP contribution >= 0.6 is 11.6 Å². The monoisotopic (exact) mass is 342 g/mol. The molecule has 1 aliphatic heterocycles. The number of imide groups is 1. The number of anilines is 1. The third kappa shape index (κ3) is 2.90.